The molecule has 1 spiro atoms. The molecule has 178 valence electrons. The number of halogens is 1. The van der Waals surface area contributed by atoms with Crippen molar-refractivity contribution < 1.29 is 23.9 Å². The van der Waals surface area contributed by atoms with E-state index in [1.54, 1.807) is 37.3 Å². The molecule has 0 radical (unpaired) electrons. The van der Waals surface area contributed by atoms with Crippen LogP contribution in [0.15, 0.2) is 46.9 Å². The SMILES string of the molecule is CCOC(=O)c1ccc(NC(=O)[C@H]2C[C@H](CCC(N)=O)N[C@]23C(=O)Nc2ccc(Br)cc23)cc1. The second-order valence-electron chi connectivity index (χ2n) is 8.37. The highest BCUT2D eigenvalue weighted by Gasteiger charge is 2.60. The number of rotatable bonds is 7. The molecule has 5 N–H and O–H groups in total. The number of primary amides is 1. The fraction of sp³-hybridized carbons (Fsp3) is 0.333. The molecule has 2 aliphatic heterocycles. The molecule has 0 saturated carbocycles. The molecule has 0 aromatic heterocycles. The topological polar surface area (TPSA) is 140 Å². The van der Waals surface area contributed by atoms with E-state index in [1.165, 1.54) is 0 Å². The lowest BCUT2D eigenvalue weighted by molar-refractivity contribution is -0.130. The minimum atomic E-state index is -1.28. The van der Waals surface area contributed by atoms with Gasteiger partial charge in [0.05, 0.1) is 18.1 Å². The van der Waals surface area contributed by atoms with Gasteiger partial charge in [-0.3, -0.25) is 19.7 Å². The van der Waals surface area contributed by atoms with Gasteiger partial charge in [-0.15, -0.1) is 0 Å². The van der Waals surface area contributed by atoms with Crippen molar-refractivity contribution in [2.45, 2.75) is 37.8 Å². The molecule has 3 atom stereocenters. The van der Waals surface area contributed by atoms with E-state index < -0.39 is 23.3 Å². The maximum atomic E-state index is 13.5. The first-order valence-electron chi connectivity index (χ1n) is 11.0. The molecule has 4 rings (SSSR count). The minimum Gasteiger partial charge on any atom is -0.462 e. The lowest BCUT2D eigenvalue weighted by Crippen LogP contribution is -2.52. The molecule has 9 nitrogen and oxygen atoms in total. The van der Waals surface area contributed by atoms with E-state index in [-0.39, 0.29) is 30.9 Å². The molecule has 3 amide bonds. The number of amides is 3. The van der Waals surface area contributed by atoms with Gasteiger partial charge in [0.15, 0.2) is 0 Å². The lowest BCUT2D eigenvalue weighted by atomic mass is 9.79. The molecule has 1 saturated heterocycles. The zero-order valence-electron chi connectivity index (χ0n) is 18.5. The van der Waals surface area contributed by atoms with Crippen LogP contribution in [-0.4, -0.2) is 36.3 Å². The number of carbonyl (C=O) groups excluding carboxylic acids is 4. The first-order chi connectivity index (χ1) is 16.2. The first kappa shape index (κ1) is 23.9. The second-order valence-corrected chi connectivity index (χ2v) is 9.29. The number of ether oxygens (including phenoxy) is 1. The Morgan fingerprint density at radius 2 is 1.94 bits per heavy atom. The average molecular weight is 529 g/mol. The molecular weight excluding hydrogens is 504 g/mol. The van der Waals surface area contributed by atoms with E-state index in [0.29, 0.717) is 35.3 Å². The van der Waals surface area contributed by atoms with Crippen LogP contribution >= 0.6 is 15.9 Å². The number of esters is 1. The fourth-order valence-corrected chi connectivity index (χ4v) is 5.03. The molecule has 2 aliphatic rings. The third-order valence-corrected chi connectivity index (χ3v) is 6.70. The zero-order chi connectivity index (χ0) is 24.5. The summed E-state index contributed by atoms with van der Waals surface area (Å²) in [6, 6.07) is 11.5. The van der Waals surface area contributed by atoms with Crippen molar-refractivity contribution in [3.05, 3.63) is 58.1 Å². The number of hydrogen-bond donors (Lipinski definition) is 4. The molecular formula is C24H25BrN4O5. The van der Waals surface area contributed by atoms with Crippen molar-refractivity contribution in [2.75, 3.05) is 17.2 Å². The monoisotopic (exact) mass is 528 g/mol. The summed E-state index contributed by atoms with van der Waals surface area (Å²) in [6.45, 7) is 2.00. The van der Waals surface area contributed by atoms with Crippen LogP contribution in [0.4, 0.5) is 11.4 Å². The number of fused-ring (bicyclic) bond motifs is 2. The van der Waals surface area contributed by atoms with Crippen molar-refractivity contribution >= 4 is 51.0 Å². The molecule has 1 fully saturated rings. The number of carbonyl (C=O) groups is 4. The molecule has 2 heterocycles. The smallest absolute Gasteiger partial charge is 0.338 e. The third kappa shape index (κ3) is 4.43. The maximum absolute atomic E-state index is 13.5. The van der Waals surface area contributed by atoms with Gasteiger partial charge in [-0.1, -0.05) is 15.9 Å². The van der Waals surface area contributed by atoms with E-state index in [2.05, 4.69) is 31.9 Å². The summed E-state index contributed by atoms with van der Waals surface area (Å²) in [4.78, 5) is 50.0. The third-order valence-electron chi connectivity index (χ3n) is 6.21. The summed E-state index contributed by atoms with van der Waals surface area (Å²) in [5.41, 5.74) is 6.21. The number of anilines is 2. The first-order valence-corrected chi connectivity index (χ1v) is 11.8. The zero-order valence-corrected chi connectivity index (χ0v) is 20.1. The molecule has 2 aromatic carbocycles. The quantitative estimate of drug-likeness (QED) is 0.407. The van der Waals surface area contributed by atoms with Gasteiger partial charge in [0.25, 0.3) is 0 Å². The Labute approximate surface area is 204 Å². The van der Waals surface area contributed by atoms with Gasteiger partial charge < -0.3 is 21.1 Å². The van der Waals surface area contributed by atoms with Gasteiger partial charge in [-0.2, -0.15) is 0 Å². The standard InChI is InChI=1S/C24H25BrN4O5/c1-2-34-22(32)13-3-6-15(7-4-13)27-21(31)18-12-16(8-10-20(26)30)29-24(18)17-11-14(25)5-9-19(17)28-23(24)33/h3-7,9,11,16,18,29H,2,8,10,12H2,1H3,(H2,26,30)(H,27,31)(H,28,33)/t16-,18+,24-/m0/s1. The van der Waals surface area contributed by atoms with Gasteiger partial charge in [-0.25, -0.2) is 4.79 Å². The highest BCUT2D eigenvalue weighted by Crippen LogP contribution is 2.48. The van der Waals surface area contributed by atoms with Gasteiger partial charge in [0, 0.05) is 33.9 Å². The Bertz CT molecular complexity index is 1150. The normalized spacial score (nSPS) is 22.8. The maximum Gasteiger partial charge on any atom is 0.338 e. The van der Waals surface area contributed by atoms with Crippen LogP contribution < -0.4 is 21.7 Å². The summed E-state index contributed by atoms with van der Waals surface area (Å²) in [7, 11) is 0. The predicted molar refractivity (Wildman–Crippen MR) is 129 cm³/mol. The molecule has 0 aliphatic carbocycles. The van der Waals surface area contributed by atoms with Gasteiger partial charge >= 0.3 is 5.97 Å². The molecule has 0 bridgehead atoms. The largest absolute Gasteiger partial charge is 0.462 e. The van der Waals surface area contributed by atoms with Crippen LogP contribution in [0.1, 0.15) is 42.1 Å². The second kappa shape index (κ2) is 9.55. The van der Waals surface area contributed by atoms with Gasteiger partial charge in [0.2, 0.25) is 17.7 Å². The number of nitrogens with two attached hydrogens (primary N) is 1. The summed E-state index contributed by atoms with van der Waals surface area (Å²) in [5.74, 6) is -2.29. The van der Waals surface area contributed by atoms with Crippen molar-refractivity contribution in [3.8, 4) is 0 Å². The Balaban J connectivity index is 1.62. The van der Waals surface area contributed by atoms with Crippen molar-refractivity contribution in [3.63, 3.8) is 0 Å². The van der Waals surface area contributed by atoms with Crippen molar-refractivity contribution in [1.82, 2.24) is 5.32 Å². The van der Waals surface area contributed by atoms with Crippen LogP contribution in [0.25, 0.3) is 0 Å². The van der Waals surface area contributed by atoms with E-state index in [9.17, 15) is 19.2 Å². The van der Waals surface area contributed by atoms with E-state index >= 15 is 0 Å². The van der Waals surface area contributed by atoms with E-state index in [0.717, 1.165) is 4.47 Å². The Morgan fingerprint density at radius 3 is 2.62 bits per heavy atom. The molecule has 34 heavy (non-hydrogen) atoms. The van der Waals surface area contributed by atoms with E-state index in [4.69, 9.17) is 10.5 Å². The summed E-state index contributed by atoms with van der Waals surface area (Å²) >= 11 is 3.45. The Kier molecular flexibility index (Phi) is 6.72. The van der Waals surface area contributed by atoms with Crippen molar-refractivity contribution in [1.29, 1.82) is 0 Å². The summed E-state index contributed by atoms with van der Waals surface area (Å²) < 4.78 is 5.76. The molecule has 10 heteroatoms. The van der Waals surface area contributed by atoms with Crippen LogP contribution in [0, 0.1) is 5.92 Å². The minimum absolute atomic E-state index is 0.143. The lowest BCUT2D eigenvalue weighted by Gasteiger charge is -2.29. The molecule has 2 aromatic rings. The number of nitrogens with one attached hydrogen (secondary N) is 3. The van der Waals surface area contributed by atoms with Crippen LogP contribution in [0.5, 0.6) is 0 Å². The average Bonchev–Trinajstić information content (AvgIpc) is 3.32. The summed E-state index contributed by atoms with van der Waals surface area (Å²) in [6.07, 6.45) is 0.898. The van der Waals surface area contributed by atoms with Crippen LogP contribution in [-0.2, 0) is 24.7 Å². The Morgan fingerprint density at radius 1 is 1.21 bits per heavy atom. The number of benzene rings is 2. The highest BCUT2D eigenvalue weighted by molar-refractivity contribution is 9.10. The van der Waals surface area contributed by atoms with Gasteiger partial charge in [0.1, 0.15) is 5.54 Å². The fourth-order valence-electron chi connectivity index (χ4n) is 4.67. The van der Waals surface area contributed by atoms with Crippen molar-refractivity contribution in [2.24, 2.45) is 11.7 Å². The van der Waals surface area contributed by atoms with Crippen LogP contribution in [0.3, 0.4) is 0 Å². The van der Waals surface area contributed by atoms with Crippen LogP contribution in [0.2, 0.25) is 0 Å². The molecule has 0 unspecified atom stereocenters. The summed E-state index contributed by atoms with van der Waals surface area (Å²) in [5, 5.41) is 9.10. The Hall–Kier alpha value is -3.24. The predicted octanol–water partition coefficient (Wildman–Crippen LogP) is 2.66. The van der Waals surface area contributed by atoms with Gasteiger partial charge in [-0.05, 0) is 62.2 Å². The number of hydrogen-bond acceptors (Lipinski definition) is 6. The highest BCUT2D eigenvalue weighted by atomic mass is 79.9. The van der Waals surface area contributed by atoms with E-state index in [1.807, 2.05) is 12.1 Å².